The van der Waals surface area contributed by atoms with Crippen LogP contribution in [0.5, 0.6) is 0 Å². The minimum absolute atomic E-state index is 0.0801. The fourth-order valence-corrected chi connectivity index (χ4v) is 5.74. The average molecular weight is 505 g/mol. The lowest BCUT2D eigenvalue weighted by Crippen LogP contribution is -2.38. The highest BCUT2D eigenvalue weighted by molar-refractivity contribution is 8.76. The Kier molecular flexibility index (Phi) is 10.9. The van der Waals surface area contributed by atoms with Gasteiger partial charge in [0.2, 0.25) is 11.8 Å². The lowest BCUT2D eigenvalue weighted by atomic mass is 9.98. The molecule has 0 heterocycles. The molecule has 0 fully saturated rings. The lowest BCUT2D eigenvalue weighted by Gasteiger charge is -2.17. The van der Waals surface area contributed by atoms with Gasteiger partial charge in [-0.3, -0.25) is 30.0 Å². The zero-order valence-corrected chi connectivity index (χ0v) is 20.0. The van der Waals surface area contributed by atoms with Crippen LogP contribution in [0.2, 0.25) is 0 Å². The summed E-state index contributed by atoms with van der Waals surface area (Å²) >= 11 is 0. The minimum Gasteiger partial charge on any atom is -0.398 e. The van der Waals surface area contributed by atoms with Crippen LogP contribution < -0.4 is 34.0 Å². The Morgan fingerprint density at radius 3 is 1.35 bits per heavy atom. The number of rotatable bonds is 13. The van der Waals surface area contributed by atoms with E-state index >= 15 is 0 Å². The molecule has 0 aliphatic heterocycles. The number of Topliss-reactive ketones (excluding diaryl/α,β-unsaturated/α-hetero) is 2. The summed E-state index contributed by atoms with van der Waals surface area (Å²) in [6.07, 6.45) is -0.160. The number of amides is 2. The zero-order chi connectivity index (χ0) is 25.1. The number of nitrogen functional groups attached to an aromatic ring is 2. The van der Waals surface area contributed by atoms with E-state index in [9.17, 15) is 19.2 Å². The third-order valence-corrected chi connectivity index (χ3v) is 7.59. The van der Waals surface area contributed by atoms with Crippen LogP contribution in [0.3, 0.4) is 0 Å². The molecule has 2 rings (SSSR count). The van der Waals surface area contributed by atoms with E-state index in [-0.39, 0.29) is 35.9 Å². The number of anilines is 2. The maximum atomic E-state index is 12.6. The highest BCUT2D eigenvalue weighted by Gasteiger charge is 2.26. The number of carbonyl (C=O) groups is 4. The third-order valence-electron chi connectivity index (χ3n) is 5.03. The van der Waals surface area contributed by atoms with Crippen molar-refractivity contribution >= 4 is 56.3 Å². The molecule has 0 radical (unpaired) electrons. The van der Waals surface area contributed by atoms with Gasteiger partial charge in [0, 0.05) is 46.8 Å². The number of hydrogen-bond donors (Lipinski definition) is 6. The molecule has 182 valence electrons. The zero-order valence-electron chi connectivity index (χ0n) is 18.4. The van der Waals surface area contributed by atoms with Crippen molar-refractivity contribution in [3.8, 4) is 0 Å². The summed E-state index contributed by atoms with van der Waals surface area (Å²) in [6.45, 7) is 0. The van der Waals surface area contributed by atoms with Crippen molar-refractivity contribution in [1.82, 2.24) is 10.9 Å². The first kappa shape index (κ1) is 27.2. The van der Waals surface area contributed by atoms with Crippen molar-refractivity contribution in [2.45, 2.75) is 12.8 Å². The van der Waals surface area contributed by atoms with Gasteiger partial charge in [0.15, 0.2) is 11.6 Å². The van der Waals surface area contributed by atoms with Crippen molar-refractivity contribution in [3.05, 3.63) is 59.7 Å². The molecular weight excluding hydrogens is 476 g/mol. The molecule has 0 aromatic heterocycles. The van der Waals surface area contributed by atoms with E-state index in [1.54, 1.807) is 48.5 Å². The molecule has 0 aliphatic carbocycles. The number of nitrogens with two attached hydrogens (primary N) is 4. The van der Waals surface area contributed by atoms with Crippen LogP contribution >= 0.6 is 21.6 Å². The smallest absolute Gasteiger partial charge is 0.238 e. The lowest BCUT2D eigenvalue weighted by molar-refractivity contribution is -0.125. The first-order chi connectivity index (χ1) is 16.3. The van der Waals surface area contributed by atoms with Gasteiger partial charge >= 0.3 is 0 Å². The van der Waals surface area contributed by atoms with Crippen molar-refractivity contribution in [3.63, 3.8) is 0 Å². The van der Waals surface area contributed by atoms with Crippen LogP contribution in [-0.2, 0) is 9.59 Å². The molecule has 10 nitrogen and oxygen atoms in total. The SMILES string of the molecule is NNC(=O)C(CSSCC(CC(=O)c1ccccc1N)C(=O)NN)CC(=O)c1ccccc1N. The molecule has 2 amide bonds. The molecule has 0 bridgehead atoms. The first-order valence-electron chi connectivity index (χ1n) is 10.3. The summed E-state index contributed by atoms with van der Waals surface area (Å²) in [5.41, 5.74) is 17.2. The van der Waals surface area contributed by atoms with E-state index in [1.807, 2.05) is 0 Å². The van der Waals surface area contributed by atoms with Crippen molar-refractivity contribution in [2.24, 2.45) is 23.5 Å². The summed E-state index contributed by atoms with van der Waals surface area (Å²) in [5.74, 6) is 8.14. The largest absolute Gasteiger partial charge is 0.398 e. The number of hydrazine groups is 2. The van der Waals surface area contributed by atoms with Crippen LogP contribution in [0, 0.1) is 11.8 Å². The summed E-state index contributed by atoms with van der Waals surface area (Å²) in [6, 6.07) is 13.2. The topological polar surface area (TPSA) is 196 Å². The Balaban J connectivity index is 1.95. The van der Waals surface area contributed by atoms with E-state index in [0.717, 1.165) is 0 Å². The number of ketones is 2. The molecule has 0 aliphatic rings. The number of carbonyl (C=O) groups excluding carboxylic acids is 4. The predicted molar refractivity (Wildman–Crippen MR) is 136 cm³/mol. The van der Waals surface area contributed by atoms with Crippen molar-refractivity contribution in [1.29, 1.82) is 0 Å². The molecule has 10 N–H and O–H groups in total. The normalized spacial score (nSPS) is 12.4. The predicted octanol–water partition coefficient (Wildman–Crippen LogP) is 1.29. The van der Waals surface area contributed by atoms with Crippen molar-refractivity contribution in [2.75, 3.05) is 23.0 Å². The number of nitrogens with one attached hydrogen (secondary N) is 2. The van der Waals surface area contributed by atoms with Gasteiger partial charge in [0.25, 0.3) is 0 Å². The second-order valence-electron chi connectivity index (χ2n) is 7.41. The Labute approximate surface area is 205 Å². The van der Waals surface area contributed by atoms with E-state index < -0.39 is 23.7 Å². The van der Waals surface area contributed by atoms with Gasteiger partial charge in [-0.2, -0.15) is 0 Å². The highest BCUT2D eigenvalue weighted by Crippen LogP contribution is 2.30. The Morgan fingerprint density at radius 1 is 0.676 bits per heavy atom. The molecule has 2 atom stereocenters. The van der Waals surface area contributed by atoms with Crippen molar-refractivity contribution < 1.29 is 19.2 Å². The van der Waals surface area contributed by atoms with E-state index in [0.29, 0.717) is 22.5 Å². The molecular formula is C22H28N6O4S2. The molecule has 12 heteroatoms. The Bertz CT molecular complexity index is 954. The molecule has 2 unspecified atom stereocenters. The van der Waals surface area contributed by atoms with Gasteiger partial charge < -0.3 is 11.5 Å². The molecule has 2 aromatic carbocycles. The summed E-state index contributed by atoms with van der Waals surface area (Å²) in [7, 11) is 2.58. The fourth-order valence-electron chi connectivity index (χ4n) is 3.12. The molecule has 0 saturated heterocycles. The fraction of sp³-hybridized carbons (Fsp3) is 0.273. The van der Waals surface area contributed by atoms with Crippen LogP contribution in [0.25, 0.3) is 0 Å². The summed E-state index contributed by atoms with van der Waals surface area (Å²) < 4.78 is 0. The second kappa shape index (κ2) is 13.6. The van der Waals surface area contributed by atoms with Gasteiger partial charge in [-0.25, -0.2) is 11.7 Å². The third kappa shape index (κ3) is 7.76. The van der Waals surface area contributed by atoms with Gasteiger partial charge in [-0.05, 0) is 24.3 Å². The van der Waals surface area contributed by atoms with E-state index in [2.05, 4.69) is 10.9 Å². The van der Waals surface area contributed by atoms with Crippen LogP contribution in [0.4, 0.5) is 11.4 Å². The van der Waals surface area contributed by atoms with Crippen LogP contribution in [0.1, 0.15) is 33.6 Å². The molecule has 0 saturated carbocycles. The standard InChI is InChI=1S/C22H28N6O4S2/c23-17-7-3-1-5-15(17)19(29)9-13(21(31)27-25)11-33-34-12-14(22(32)28-26)10-20(30)16-6-2-4-8-18(16)24/h1-8,13-14H,9-12,23-26H2,(H,27,31)(H,28,32). The van der Waals surface area contributed by atoms with Gasteiger partial charge in [-0.1, -0.05) is 45.9 Å². The monoisotopic (exact) mass is 504 g/mol. The molecule has 34 heavy (non-hydrogen) atoms. The maximum absolute atomic E-state index is 12.6. The van der Waals surface area contributed by atoms with E-state index in [4.69, 9.17) is 23.2 Å². The average Bonchev–Trinajstić information content (AvgIpc) is 2.84. The Morgan fingerprint density at radius 2 is 1.03 bits per heavy atom. The second-order valence-corrected chi connectivity index (χ2v) is 9.96. The maximum Gasteiger partial charge on any atom is 0.238 e. The highest BCUT2D eigenvalue weighted by atomic mass is 33.1. The van der Waals surface area contributed by atoms with Gasteiger partial charge in [0.1, 0.15) is 0 Å². The molecule has 0 spiro atoms. The quantitative estimate of drug-likeness (QED) is 0.0439. The molecule has 2 aromatic rings. The van der Waals surface area contributed by atoms with Crippen LogP contribution in [0.15, 0.2) is 48.5 Å². The Hall–Kier alpha value is -3.06. The first-order valence-corrected chi connectivity index (χ1v) is 12.8. The number of para-hydroxylation sites is 2. The van der Waals surface area contributed by atoms with E-state index in [1.165, 1.54) is 21.6 Å². The summed E-state index contributed by atoms with van der Waals surface area (Å²) in [5, 5.41) is 0. The van der Waals surface area contributed by atoms with Gasteiger partial charge in [0.05, 0.1) is 11.8 Å². The summed E-state index contributed by atoms with van der Waals surface area (Å²) in [4.78, 5) is 49.6. The van der Waals surface area contributed by atoms with Crippen LogP contribution in [-0.4, -0.2) is 34.9 Å². The number of benzene rings is 2. The van der Waals surface area contributed by atoms with Gasteiger partial charge in [-0.15, -0.1) is 0 Å². The minimum atomic E-state index is -0.706. The number of hydrogen-bond acceptors (Lipinski definition) is 10.